The number of rotatable bonds is 7. The third kappa shape index (κ3) is 5.59. The summed E-state index contributed by atoms with van der Waals surface area (Å²) in [4.78, 5) is 27.3. The van der Waals surface area contributed by atoms with Crippen LogP contribution in [-0.2, 0) is 11.2 Å². The molecule has 1 fully saturated rings. The molecule has 3 rings (SSSR count). The van der Waals surface area contributed by atoms with E-state index < -0.39 is 0 Å². The highest BCUT2D eigenvalue weighted by atomic mass is 16.5. The monoisotopic (exact) mass is 394 g/mol. The van der Waals surface area contributed by atoms with Gasteiger partial charge in [-0.1, -0.05) is 50.5 Å². The minimum absolute atomic E-state index is 0.0520. The van der Waals surface area contributed by atoms with Crippen molar-refractivity contribution < 1.29 is 14.3 Å². The summed E-state index contributed by atoms with van der Waals surface area (Å²) in [5.41, 5.74) is 2.26. The fraction of sp³-hybridized carbons (Fsp3) is 0.417. The molecule has 0 atom stereocenters. The lowest BCUT2D eigenvalue weighted by Crippen LogP contribution is -2.38. The van der Waals surface area contributed by atoms with Crippen LogP contribution in [0.5, 0.6) is 5.75 Å². The number of amides is 2. The van der Waals surface area contributed by atoms with Crippen molar-refractivity contribution in [3.8, 4) is 5.75 Å². The highest BCUT2D eigenvalue weighted by Gasteiger charge is 2.24. The van der Waals surface area contributed by atoms with Crippen LogP contribution in [0.15, 0.2) is 48.5 Å². The molecule has 2 aromatic rings. The summed E-state index contributed by atoms with van der Waals surface area (Å²) in [6.07, 6.45) is 6.62. The first-order chi connectivity index (χ1) is 14.1. The van der Waals surface area contributed by atoms with Gasteiger partial charge in [0.05, 0.1) is 11.3 Å². The van der Waals surface area contributed by atoms with Crippen LogP contribution in [0.4, 0.5) is 5.69 Å². The van der Waals surface area contributed by atoms with E-state index in [1.54, 1.807) is 12.1 Å². The number of ether oxygens (including phenoxy) is 1. The number of nitrogens with one attached hydrogen (secondary N) is 1. The standard InChI is InChI=1S/C24H30N2O3/c1-3-18-13-15-20(16-14-18)29-17-23(27)25-22-12-8-7-11-21(22)24(28)26(2)19-9-5-4-6-10-19/h7-8,11-16,19H,3-6,9-10,17H2,1-2H3,(H,25,27). The van der Waals surface area contributed by atoms with Crippen molar-refractivity contribution in [3.63, 3.8) is 0 Å². The van der Waals surface area contributed by atoms with Crippen LogP contribution in [0.1, 0.15) is 54.9 Å². The molecule has 0 spiro atoms. The normalized spacial score (nSPS) is 14.3. The molecule has 2 aromatic carbocycles. The molecular formula is C24H30N2O3. The summed E-state index contributed by atoms with van der Waals surface area (Å²) in [7, 11) is 1.86. The number of hydrogen-bond acceptors (Lipinski definition) is 3. The second-order valence-electron chi connectivity index (χ2n) is 7.59. The Kier molecular flexibility index (Phi) is 7.28. The minimum Gasteiger partial charge on any atom is -0.484 e. The first-order valence-electron chi connectivity index (χ1n) is 10.5. The molecule has 154 valence electrons. The summed E-state index contributed by atoms with van der Waals surface area (Å²) >= 11 is 0. The van der Waals surface area contributed by atoms with Crippen LogP contribution in [0.2, 0.25) is 0 Å². The number of anilines is 1. The number of hydrogen-bond donors (Lipinski definition) is 1. The number of carbonyl (C=O) groups is 2. The molecule has 5 nitrogen and oxygen atoms in total. The fourth-order valence-electron chi connectivity index (χ4n) is 3.76. The lowest BCUT2D eigenvalue weighted by atomic mass is 9.94. The molecule has 0 unspecified atom stereocenters. The van der Waals surface area contributed by atoms with E-state index in [1.165, 1.54) is 12.0 Å². The van der Waals surface area contributed by atoms with E-state index in [1.807, 2.05) is 48.3 Å². The molecule has 0 bridgehead atoms. The lowest BCUT2D eigenvalue weighted by Gasteiger charge is -2.31. The highest BCUT2D eigenvalue weighted by Crippen LogP contribution is 2.25. The molecular weight excluding hydrogens is 364 g/mol. The van der Waals surface area contributed by atoms with Crippen molar-refractivity contribution in [2.45, 2.75) is 51.5 Å². The van der Waals surface area contributed by atoms with Gasteiger partial charge in [-0.15, -0.1) is 0 Å². The van der Waals surface area contributed by atoms with Gasteiger partial charge in [0.25, 0.3) is 11.8 Å². The zero-order valence-corrected chi connectivity index (χ0v) is 17.3. The second-order valence-corrected chi connectivity index (χ2v) is 7.59. The van der Waals surface area contributed by atoms with Gasteiger partial charge in [-0.05, 0) is 49.1 Å². The van der Waals surface area contributed by atoms with Crippen LogP contribution in [-0.4, -0.2) is 36.4 Å². The van der Waals surface area contributed by atoms with Crippen LogP contribution in [0.3, 0.4) is 0 Å². The predicted molar refractivity (Wildman–Crippen MR) is 115 cm³/mol. The van der Waals surface area contributed by atoms with Gasteiger partial charge in [-0.2, -0.15) is 0 Å². The molecule has 0 saturated heterocycles. The molecule has 0 aliphatic heterocycles. The van der Waals surface area contributed by atoms with Crippen molar-refractivity contribution in [1.82, 2.24) is 4.90 Å². The van der Waals surface area contributed by atoms with E-state index in [0.29, 0.717) is 17.0 Å². The van der Waals surface area contributed by atoms with Crippen molar-refractivity contribution in [2.75, 3.05) is 19.0 Å². The van der Waals surface area contributed by atoms with Crippen molar-refractivity contribution in [3.05, 3.63) is 59.7 Å². The maximum Gasteiger partial charge on any atom is 0.262 e. The summed E-state index contributed by atoms with van der Waals surface area (Å²) in [6, 6.07) is 15.1. The predicted octanol–water partition coefficient (Wildman–Crippen LogP) is 4.67. The largest absolute Gasteiger partial charge is 0.484 e. The van der Waals surface area contributed by atoms with Crippen LogP contribution in [0, 0.1) is 0 Å². The smallest absolute Gasteiger partial charge is 0.262 e. The summed E-state index contributed by atoms with van der Waals surface area (Å²) < 4.78 is 5.58. The Balaban J connectivity index is 1.61. The topological polar surface area (TPSA) is 58.6 Å². The summed E-state index contributed by atoms with van der Waals surface area (Å²) in [5, 5.41) is 2.83. The molecule has 2 amide bonds. The van der Waals surface area contributed by atoms with E-state index in [9.17, 15) is 9.59 Å². The average molecular weight is 395 g/mol. The van der Waals surface area contributed by atoms with Gasteiger partial charge in [0.2, 0.25) is 0 Å². The first-order valence-corrected chi connectivity index (χ1v) is 10.5. The van der Waals surface area contributed by atoms with Gasteiger partial charge < -0.3 is 15.0 Å². The highest BCUT2D eigenvalue weighted by molar-refractivity contribution is 6.04. The van der Waals surface area contributed by atoms with Crippen LogP contribution < -0.4 is 10.1 Å². The lowest BCUT2D eigenvalue weighted by molar-refractivity contribution is -0.118. The SMILES string of the molecule is CCc1ccc(OCC(=O)Nc2ccccc2C(=O)N(C)C2CCCCC2)cc1. The fourth-order valence-corrected chi connectivity index (χ4v) is 3.76. The molecule has 5 heteroatoms. The number of carbonyl (C=O) groups excluding carboxylic acids is 2. The van der Waals surface area contributed by atoms with E-state index in [2.05, 4.69) is 12.2 Å². The van der Waals surface area contributed by atoms with Gasteiger partial charge in [0.1, 0.15) is 5.75 Å². The Hall–Kier alpha value is -2.82. The number of para-hydroxylation sites is 1. The first kappa shape index (κ1) is 20.9. The maximum atomic E-state index is 13.0. The third-order valence-electron chi connectivity index (χ3n) is 5.58. The van der Waals surface area contributed by atoms with Crippen molar-refractivity contribution in [1.29, 1.82) is 0 Å². The third-order valence-corrected chi connectivity index (χ3v) is 5.58. The molecule has 0 aromatic heterocycles. The molecule has 1 saturated carbocycles. The molecule has 1 aliphatic rings. The zero-order valence-electron chi connectivity index (χ0n) is 17.3. The van der Waals surface area contributed by atoms with E-state index in [-0.39, 0.29) is 24.5 Å². The molecule has 0 radical (unpaired) electrons. The van der Waals surface area contributed by atoms with Crippen molar-refractivity contribution in [2.24, 2.45) is 0 Å². The van der Waals surface area contributed by atoms with Crippen LogP contribution in [0.25, 0.3) is 0 Å². The van der Waals surface area contributed by atoms with Gasteiger partial charge in [0.15, 0.2) is 6.61 Å². The molecule has 29 heavy (non-hydrogen) atoms. The van der Waals surface area contributed by atoms with E-state index in [0.717, 1.165) is 32.1 Å². The minimum atomic E-state index is -0.287. The van der Waals surface area contributed by atoms with E-state index >= 15 is 0 Å². The van der Waals surface area contributed by atoms with Gasteiger partial charge in [-0.3, -0.25) is 9.59 Å². The number of aryl methyl sites for hydroxylation is 1. The summed E-state index contributed by atoms with van der Waals surface area (Å²) in [5.74, 6) is 0.313. The molecule has 1 aliphatic carbocycles. The summed E-state index contributed by atoms with van der Waals surface area (Å²) in [6.45, 7) is 1.99. The maximum absolute atomic E-state index is 13.0. The van der Waals surface area contributed by atoms with Gasteiger partial charge >= 0.3 is 0 Å². The van der Waals surface area contributed by atoms with Gasteiger partial charge in [0, 0.05) is 13.1 Å². The molecule has 1 N–H and O–H groups in total. The Morgan fingerprint density at radius 1 is 1.03 bits per heavy atom. The van der Waals surface area contributed by atoms with Crippen molar-refractivity contribution >= 4 is 17.5 Å². The quantitative estimate of drug-likeness (QED) is 0.742. The Morgan fingerprint density at radius 2 is 1.72 bits per heavy atom. The number of benzene rings is 2. The average Bonchev–Trinajstić information content (AvgIpc) is 2.78. The molecule has 0 heterocycles. The Morgan fingerprint density at radius 3 is 2.41 bits per heavy atom. The Bertz CT molecular complexity index is 826. The van der Waals surface area contributed by atoms with Gasteiger partial charge in [-0.25, -0.2) is 0 Å². The zero-order chi connectivity index (χ0) is 20.6. The van der Waals surface area contributed by atoms with E-state index in [4.69, 9.17) is 4.74 Å². The second kappa shape index (κ2) is 10.1. The van der Waals surface area contributed by atoms with Crippen LogP contribution >= 0.6 is 0 Å². The number of nitrogens with zero attached hydrogens (tertiary/aromatic N) is 1. The Labute approximate surface area is 173 Å².